The predicted octanol–water partition coefficient (Wildman–Crippen LogP) is 4.61. The molecule has 0 bridgehead atoms. The Morgan fingerprint density at radius 2 is 1.88 bits per heavy atom. The Bertz CT molecular complexity index is 1030. The lowest BCUT2D eigenvalue weighted by Gasteiger charge is -2.43. The van der Waals surface area contributed by atoms with E-state index < -0.39 is 6.09 Å². The number of fused-ring (bicyclic) bond motifs is 1. The molecule has 8 nitrogen and oxygen atoms in total. The highest BCUT2D eigenvalue weighted by atomic mass is 16.4. The van der Waals surface area contributed by atoms with Gasteiger partial charge in [0.1, 0.15) is 0 Å². The van der Waals surface area contributed by atoms with E-state index in [0.29, 0.717) is 6.42 Å². The van der Waals surface area contributed by atoms with Gasteiger partial charge in [0.2, 0.25) is 5.91 Å². The maximum absolute atomic E-state index is 12.5. The maximum Gasteiger partial charge on any atom is 0.408 e. The summed E-state index contributed by atoms with van der Waals surface area (Å²) in [6.45, 7) is 11.5. The largest absolute Gasteiger partial charge is 0.465 e. The summed E-state index contributed by atoms with van der Waals surface area (Å²) in [5.74, 6) is -0.0306. The number of amides is 2. The van der Waals surface area contributed by atoms with E-state index in [1.165, 1.54) is 37.3 Å². The van der Waals surface area contributed by atoms with Gasteiger partial charge in [-0.3, -0.25) is 14.4 Å². The predicted molar refractivity (Wildman–Crippen MR) is 133 cm³/mol. The highest BCUT2D eigenvalue weighted by molar-refractivity contribution is 5.94. The molecule has 2 aromatic rings. The number of nitrogens with zero attached hydrogens (tertiary/aromatic N) is 5. The minimum Gasteiger partial charge on any atom is -0.465 e. The van der Waals surface area contributed by atoms with Gasteiger partial charge in [0.15, 0.2) is 0 Å². The number of piperidine rings is 1. The number of hydrogen-bond donors (Lipinski definition) is 1. The third-order valence-electron chi connectivity index (χ3n) is 7.16. The molecule has 1 aromatic heterocycles. The van der Waals surface area contributed by atoms with Gasteiger partial charge in [-0.1, -0.05) is 12.5 Å². The topological polar surface area (TPSA) is 81.9 Å². The number of benzene rings is 1. The van der Waals surface area contributed by atoms with Crippen LogP contribution < -0.4 is 4.90 Å². The van der Waals surface area contributed by atoms with Crippen LogP contribution in [0.1, 0.15) is 65.0 Å². The second kappa shape index (κ2) is 10.2. The van der Waals surface area contributed by atoms with Gasteiger partial charge in [-0.25, -0.2) is 4.79 Å². The lowest BCUT2D eigenvalue weighted by Crippen LogP contribution is -2.48. The normalized spacial score (nSPS) is 20.9. The van der Waals surface area contributed by atoms with Crippen LogP contribution in [0.2, 0.25) is 0 Å². The first-order chi connectivity index (χ1) is 16.3. The van der Waals surface area contributed by atoms with Crippen LogP contribution in [0.4, 0.5) is 10.5 Å². The van der Waals surface area contributed by atoms with E-state index in [0.717, 1.165) is 35.5 Å². The Hall–Kier alpha value is -2.87. The molecule has 34 heavy (non-hydrogen) atoms. The minimum absolute atomic E-state index is 0.0306. The Labute approximate surface area is 202 Å². The lowest BCUT2D eigenvalue weighted by atomic mass is 9.88. The molecule has 184 valence electrons. The van der Waals surface area contributed by atoms with Crippen LogP contribution in [-0.2, 0) is 11.3 Å². The number of likely N-dealkylation sites (tertiary alicyclic amines) is 1. The molecule has 2 unspecified atom stereocenters. The van der Waals surface area contributed by atoms with Crippen molar-refractivity contribution in [2.24, 2.45) is 0 Å². The summed E-state index contributed by atoms with van der Waals surface area (Å²) in [5, 5.41) is 14.5. The number of anilines is 1. The molecule has 2 aliphatic rings. The summed E-state index contributed by atoms with van der Waals surface area (Å²) in [4.78, 5) is 30.4. The van der Waals surface area contributed by atoms with Crippen molar-refractivity contribution in [1.82, 2.24) is 19.6 Å². The van der Waals surface area contributed by atoms with E-state index in [4.69, 9.17) is 0 Å². The van der Waals surface area contributed by atoms with Crippen molar-refractivity contribution in [1.29, 1.82) is 0 Å². The van der Waals surface area contributed by atoms with Crippen LogP contribution in [0.5, 0.6) is 0 Å². The van der Waals surface area contributed by atoms with Gasteiger partial charge in [0, 0.05) is 43.0 Å². The summed E-state index contributed by atoms with van der Waals surface area (Å²) in [6, 6.07) is 5.45. The minimum atomic E-state index is -0.939. The van der Waals surface area contributed by atoms with Crippen molar-refractivity contribution < 1.29 is 14.7 Å². The van der Waals surface area contributed by atoms with Crippen molar-refractivity contribution in [2.75, 3.05) is 24.5 Å². The van der Waals surface area contributed by atoms with E-state index in [1.807, 2.05) is 49.8 Å². The van der Waals surface area contributed by atoms with Crippen LogP contribution in [-0.4, -0.2) is 68.4 Å². The molecule has 0 aliphatic carbocycles. The molecule has 1 aromatic carbocycles. The van der Waals surface area contributed by atoms with E-state index in [-0.39, 0.29) is 24.0 Å². The lowest BCUT2D eigenvalue weighted by molar-refractivity contribution is -0.117. The number of carbonyl (C=O) groups excluding carboxylic acids is 1. The Kier molecular flexibility index (Phi) is 7.26. The van der Waals surface area contributed by atoms with Crippen molar-refractivity contribution in [3.63, 3.8) is 0 Å². The fourth-order valence-electron chi connectivity index (χ4n) is 5.53. The van der Waals surface area contributed by atoms with E-state index in [1.54, 1.807) is 11.8 Å². The summed E-state index contributed by atoms with van der Waals surface area (Å²) in [5.41, 5.74) is 3.66. The number of hydrogen-bond acceptors (Lipinski definition) is 4. The zero-order chi connectivity index (χ0) is 24.4. The molecule has 2 aliphatic heterocycles. The zero-order valence-electron chi connectivity index (χ0n) is 20.8. The molecule has 0 spiro atoms. The van der Waals surface area contributed by atoms with Crippen LogP contribution in [0, 0.1) is 0 Å². The Balaban J connectivity index is 1.64. The highest BCUT2D eigenvalue weighted by Crippen LogP contribution is 2.43. The number of rotatable bonds is 6. The van der Waals surface area contributed by atoms with Crippen LogP contribution >= 0.6 is 0 Å². The van der Waals surface area contributed by atoms with E-state index in [9.17, 15) is 14.7 Å². The third kappa shape index (κ3) is 4.97. The molecule has 3 heterocycles. The Morgan fingerprint density at radius 1 is 1.15 bits per heavy atom. The molecule has 1 fully saturated rings. The molecule has 1 saturated heterocycles. The van der Waals surface area contributed by atoms with Crippen molar-refractivity contribution in [3.05, 3.63) is 36.2 Å². The molecule has 0 radical (unpaired) electrons. The molecule has 1 N–H and O–H groups in total. The molecular weight excluding hydrogens is 430 g/mol. The first kappa shape index (κ1) is 24.3. The average molecular weight is 468 g/mol. The smallest absolute Gasteiger partial charge is 0.408 e. The van der Waals surface area contributed by atoms with E-state index in [2.05, 4.69) is 16.2 Å². The molecular formula is C26H37N5O3. The second-order valence-corrected chi connectivity index (χ2v) is 9.94. The van der Waals surface area contributed by atoms with Crippen LogP contribution in [0.25, 0.3) is 11.1 Å². The summed E-state index contributed by atoms with van der Waals surface area (Å²) in [7, 11) is 0. The monoisotopic (exact) mass is 467 g/mol. The van der Waals surface area contributed by atoms with Crippen molar-refractivity contribution >= 4 is 17.7 Å². The van der Waals surface area contributed by atoms with Gasteiger partial charge in [0.05, 0.1) is 18.8 Å². The van der Waals surface area contributed by atoms with Gasteiger partial charge >= 0.3 is 6.09 Å². The molecule has 4 rings (SSSR count). The number of carbonyl (C=O) groups is 2. The van der Waals surface area contributed by atoms with Gasteiger partial charge < -0.3 is 14.9 Å². The van der Waals surface area contributed by atoms with Gasteiger partial charge in [-0.2, -0.15) is 5.10 Å². The third-order valence-corrected chi connectivity index (χ3v) is 7.16. The van der Waals surface area contributed by atoms with Crippen molar-refractivity contribution in [2.45, 2.75) is 78.0 Å². The zero-order valence-corrected chi connectivity index (χ0v) is 20.8. The molecule has 2 amide bonds. The average Bonchev–Trinajstić information content (AvgIpc) is 3.26. The summed E-state index contributed by atoms with van der Waals surface area (Å²) >= 11 is 0. The SMILES string of the molecule is CC(=O)N1c2ccc(-c3cnn(CCN4CCCCC4)c3)cc2C(N(C(=O)O)C(C)C)CC1C. The highest BCUT2D eigenvalue weighted by Gasteiger charge is 2.38. The molecule has 0 saturated carbocycles. The first-order valence-corrected chi connectivity index (χ1v) is 12.5. The fourth-order valence-corrected chi connectivity index (χ4v) is 5.53. The molecule has 2 atom stereocenters. The van der Waals surface area contributed by atoms with Gasteiger partial charge in [0.25, 0.3) is 0 Å². The quantitative estimate of drug-likeness (QED) is 0.671. The van der Waals surface area contributed by atoms with Gasteiger partial charge in [-0.15, -0.1) is 0 Å². The standard InChI is InChI=1S/C26H37N5O3/c1-18(2)30(26(33)34)25-14-19(3)31(20(4)32)24-9-8-21(15-23(24)25)22-16-27-29(17-22)13-12-28-10-6-5-7-11-28/h8-9,15-19,25H,5-7,10-14H2,1-4H3,(H,33,34). The summed E-state index contributed by atoms with van der Waals surface area (Å²) in [6.07, 6.45) is 7.45. The van der Waals surface area contributed by atoms with Crippen LogP contribution in [0.3, 0.4) is 0 Å². The van der Waals surface area contributed by atoms with Gasteiger partial charge in [-0.05, 0) is 76.4 Å². The maximum atomic E-state index is 12.5. The fraction of sp³-hybridized carbons (Fsp3) is 0.577. The first-order valence-electron chi connectivity index (χ1n) is 12.5. The van der Waals surface area contributed by atoms with E-state index >= 15 is 0 Å². The second-order valence-electron chi connectivity index (χ2n) is 9.94. The van der Waals surface area contributed by atoms with Crippen LogP contribution in [0.15, 0.2) is 30.6 Å². The molecule has 8 heteroatoms. The Morgan fingerprint density at radius 3 is 2.53 bits per heavy atom. The van der Waals surface area contributed by atoms with Crippen molar-refractivity contribution in [3.8, 4) is 11.1 Å². The summed E-state index contributed by atoms with van der Waals surface area (Å²) < 4.78 is 1.99. The number of carboxylic acid groups (broad SMARTS) is 1. The number of aromatic nitrogens is 2.